The van der Waals surface area contributed by atoms with Crippen LogP contribution in [0.25, 0.3) is 11.1 Å². The number of H-pyrrole nitrogens is 1. The number of hydrogen-bond acceptors (Lipinski definition) is 10. The minimum atomic E-state index is -5.08. The number of halogens is 3. The van der Waals surface area contributed by atoms with E-state index in [9.17, 15) is 26.4 Å². The molecule has 246 valence electrons. The van der Waals surface area contributed by atoms with E-state index in [1.54, 1.807) is 30.5 Å². The van der Waals surface area contributed by atoms with Crippen molar-refractivity contribution in [2.75, 3.05) is 18.1 Å². The Balaban J connectivity index is 0.000000738. The van der Waals surface area contributed by atoms with Crippen molar-refractivity contribution >= 4 is 56.5 Å². The number of aliphatic carboxylic acids is 1. The van der Waals surface area contributed by atoms with Gasteiger partial charge < -0.3 is 21.5 Å². The second-order valence-electron chi connectivity index (χ2n) is 9.41. The van der Waals surface area contributed by atoms with Crippen molar-refractivity contribution in [2.45, 2.75) is 46.4 Å². The smallest absolute Gasteiger partial charge is 0.475 e. The number of carbonyl (C=O) groups excluding carboxylic acids is 1. The quantitative estimate of drug-likeness (QED) is 0.0541. The van der Waals surface area contributed by atoms with E-state index in [4.69, 9.17) is 21.0 Å². The SMILES string of the molecule is CSc1sc(C(=N)N)cc1S(=O)(=O)c1cccc(-c2ccc(NC(=O)NCCCCc3nn[nH]n3)cc2C)c1.O=C(O)C(F)(F)F. The lowest BCUT2D eigenvalue weighted by Gasteiger charge is -2.12. The van der Waals surface area contributed by atoms with Gasteiger partial charge >= 0.3 is 18.2 Å². The maximum absolute atomic E-state index is 13.5. The number of unbranched alkanes of at least 4 members (excludes halogenated alkanes) is 1. The average Bonchev–Trinajstić information content (AvgIpc) is 3.68. The van der Waals surface area contributed by atoms with Crippen LogP contribution in [0.15, 0.2) is 62.5 Å². The highest BCUT2D eigenvalue weighted by Crippen LogP contribution is 2.38. The number of nitrogens with one attached hydrogen (secondary N) is 4. The highest BCUT2D eigenvalue weighted by atomic mass is 32.2. The Hall–Kier alpha value is -4.49. The Morgan fingerprint density at radius 1 is 1.15 bits per heavy atom. The number of thiophene rings is 1. The van der Waals surface area contributed by atoms with E-state index in [0.717, 1.165) is 29.5 Å². The number of urea groups is 1. The Labute approximate surface area is 269 Å². The van der Waals surface area contributed by atoms with Crippen LogP contribution in [-0.4, -0.2) is 71.0 Å². The molecule has 4 aromatic rings. The number of amidine groups is 1. The normalized spacial score (nSPS) is 11.3. The number of nitrogens with zero attached hydrogens (tertiary/aromatic N) is 3. The zero-order valence-corrected chi connectivity index (χ0v) is 26.8. The summed E-state index contributed by atoms with van der Waals surface area (Å²) in [5.41, 5.74) is 8.68. The Morgan fingerprint density at radius 2 is 1.87 bits per heavy atom. The molecular weight excluding hydrogens is 670 g/mol. The molecule has 2 aromatic carbocycles. The van der Waals surface area contributed by atoms with Crippen molar-refractivity contribution in [3.8, 4) is 11.1 Å². The number of tetrazole rings is 1. The first-order chi connectivity index (χ1) is 21.6. The monoisotopic (exact) mass is 698 g/mol. The van der Waals surface area contributed by atoms with E-state index >= 15 is 0 Å². The van der Waals surface area contributed by atoms with Gasteiger partial charge in [-0.1, -0.05) is 23.4 Å². The molecule has 0 aliphatic heterocycles. The maximum Gasteiger partial charge on any atom is 0.490 e. The van der Waals surface area contributed by atoms with Gasteiger partial charge in [-0.3, -0.25) is 5.41 Å². The molecule has 2 heterocycles. The van der Waals surface area contributed by atoms with Crippen LogP contribution in [0.1, 0.15) is 29.1 Å². The third-order valence-electron chi connectivity index (χ3n) is 6.09. The average molecular weight is 699 g/mol. The van der Waals surface area contributed by atoms with Crippen LogP contribution < -0.4 is 16.4 Å². The largest absolute Gasteiger partial charge is 0.490 e. The fourth-order valence-electron chi connectivity index (χ4n) is 3.92. The summed E-state index contributed by atoms with van der Waals surface area (Å²) in [6.07, 6.45) is -0.999. The van der Waals surface area contributed by atoms with Gasteiger partial charge in [0.15, 0.2) is 5.82 Å². The van der Waals surface area contributed by atoms with Gasteiger partial charge in [0.1, 0.15) is 5.84 Å². The molecule has 0 saturated carbocycles. The summed E-state index contributed by atoms with van der Waals surface area (Å²) >= 11 is 2.50. The molecule has 0 spiro atoms. The summed E-state index contributed by atoms with van der Waals surface area (Å²) in [6.45, 7) is 2.42. The number of anilines is 1. The van der Waals surface area contributed by atoms with Gasteiger partial charge in [0.05, 0.1) is 18.9 Å². The minimum absolute atomic E-state index is 0.152. The van der Waals surface area contributed by atoms with Crippen molar-refractivity contribution in [3.63, 3.8) is 0 Å². The molecule has 4 rings (SSSR count). The molecule has 0 atom stereocenters. The number of nitrogens with two attached hydrogens (primary N) is 1. The number of carboxylic acids is 1. The summed E-state index contributed by atoms with van der Waals surface area (Å²) in [7, 11) is -3.83. The Kier molecular flexibility index (Phi) is 12.3. The molecule has 13 nitrogen and oxygen atoms in total. The number of sulfone groups is 1. The van der Waals surface area contributed by atoms with Crippen LogP contribution in [0.3, 0.4) is 0 Å². The number of amides is 2. The van der Waals surface area contributed by atoms with Crippen LogP contribution >= 0.6 is 23.1 Å². The Morgan fingerprint density at radius 3 is 2.46 bits per heavy atom. The second-order valence-corrected chi connectivity index (χ2v) is 13.5. The van der Waals surface area contributed by atoms with Gasteiger partial charge in [-0.15, -0.1) is 33.3 Å². The number of alkyl halides is 3. The molecule has 46 heavy (non-hydrogen) atoms. The second kappa shape index (κ2) is 15.7. The summed E-state index contributed by atoms with van der Waals surface area (Å²) in [4.78, 5) is 21.9. The Bertz CT molecular complexity index is 1800. The van der Waals surface area contributed by atoms with E-state index in [0.29, 0.717) is 33.6 Å². The van der Waals surface area contributed by atoms with Gasteiger partial charge in [-0.2, -0.15) is 18.4 Å². The maximum atomic E-state index is 13.5. The first-order valence-electron chi connectivity index (χ1n) is 13.2. The topological polar surface area (TPSA) is 217 Å². The zero-order valence-electron chi connectivity index (χ0n) is 24.3. The first kappa shape index (κ1) is 36.0. The van der Waals surface area contributed by atoms with Crippen LogP contribution in [-0.2, 0) is 21.1 Å². The predicted octanol–water partition coefficient (Wildman–Crippen LogP) is 4.85. The molecule has 19 heteroatoms. The highest BCUT2D eigenvalue weighted by molar-refractivity contribution is 8.01. The minimum Gasteiger partial charge on any atom is -0.475 e. The summed E-state index contributed by atoms with van der Waals surface area (Å²) in [6, 6.07) is 13.4. The zero-order chi connectivity index (χ0) is 34.1. The predicted molar refractivity (Wildman–Crippen MR) is 167 cm³/mol. The van der Waals surface area contributed by atoms with Gasteiger partial charge in [0.25, 0.3) is 0 Å². The van der Waals surface area contributed by atoms with Gasteiger partial charge in [0.2, 0.25) is 9.84 Å². The highest BCUT2D eigenvalue weighted by Gasteiger charge is 2.38. The summed E-state index contributed by atoms with van der Waals surface area (Å²) in [5.74, 6) is -2.27. The molecular formula is C27H29F3N8O5S3. The third-order valence-corrected chi connectivity index (χ3v) is 10.4. The molecule has 7 N–H and O–H groups in total. The fraction of sp³-hybridized carbons (Fsp3) is 0.259. The van der Waals surface area contributed by atoms with E-state index in [-0.39, 0.29) is 21.7 Å². The summed E-state index contributed by atoms with van der Waals surface area (Å²) < 4.78 is 59.3. The number of aromatic amines is 1. The molecule has 0 fully saturated rings. The van der Waals surface area contributed by atoms with Crippen molar-refractivity contribution in [3.05, 3.63) is 64.8 Å². The number of aryl methyl sites for hydroxylation is 2. The molecule has 0 radical (unpaired) electrons. The van der Waals surface area contributed by atoms with E-state index in [2.05, 4.69) is 31.3 Å². The molecule has 0 saturated heterocycles. The first-order valence-corrected chi connectivity index (χ1v) is 16.7. The van der Waals surface area contributed by atoms with Crippen molar-refractivity contribution < 1.29 is 36.3 Å². The lowest BCUT2D eigenvalue weighted by atomic mass is 10.00. The van der Waals surface area contributed by atoms with Crippen molar-refractivity contribution in [1.82, 2.24) is 25.9 Å². The van der Waals surface area contributed by atoms with Crippen molar-refractivity contribution in [1.29, 1.82) is 5.41 Å². The van der Waals surface area contributed by atoms with Crippen LogP contribution in [0.4, 0.5) is 23.7 Å². The number of nitrogen functional groups attached to an aromatic ring is 1. The molecule has 0 bridgehead atoms. The van der Waals surface area contributed by atoms with Gasteiger partial charge in [0, 0.05) is 18.7 Å². The van der Waals surface area contributed by atoms with Crippen molar-refractivity contribution in [2.24, 2.45) is 5.73 Å². The number of benzene rings is 2. The van der Waals surface area contributed by atoms with E-state index in [1.165, 1.54) is 29.2 Å². The molecule has 0 unspecified atom stereocenters. The molecule has 0 aliphatic rings. The van der Waals surface area contributed by atoms with Crippen LogP contribution in [0.2, 0.25) is 0 Å². The van der Waals surface area contributed by atoms with Crippen LogP contribution in [0.5, 0.6) is 0 Å². The van der Waals surface area contributed by atoms with Gasteiger partial charge in [-0.25, -0.2) is 18.0 Å². The standard InChI is InChI=1S/C25H28N8O3S3.C2HF3O2/c1-15-12-17(29-25(34)28-11-4-3-8-22-30-32-33-31-22)9-10-19(15)16-6-5-7-18(13-16)39(35,36)21-14-20(23(26)27)38-24(21)37-2;3-2(4,5)1(6)7/h5-7,9-10,12-14H,3-4,8,11H2,1-2H3,(H3,26,27)(H2,28,29,34)(H,30,31,32,33);(H,6,7). The van der Waals surface area contributed by atoms with E-state index < -0.39 is 22.0 Å². The van der Waals surface area contributed by atoms with Gasteiger partial charge in [-0.05, 0) is 73.0 Å². The number of carboxylic acid groups (broad SMARTS) is 1. The third kappa shape index (κ3) is 9.75. The van der Waals surface area contributed by atoms with E-state index in [1.807, 2.05) is 25.1 Å². The molecule has 0 aliphatic carbocycles. The lowest BCUT2D eigenvalue weighted by molar-refractivity contribution is -0.192. The molecule has 2 amide bonds. The number of hydrogen-bond donors (Lipinski definition) is 6. The summed E-state index contributed by atoms with van der Waals surface area (Å²) in [5, 5.41) is 34.2. The van der Waals surface area contributed by atoms with Crippen LogP contribution in [0, 0.1) is 12.3 Å². The fourth-order valence-corrected chi connectivity index (χ4v) is 7.82. The number of carbonyl (C=O) groups is 2. The number of rotatable bonds is 11. The lowest BCUT2D eigenvalue weighted by Crippen LogP contribution is -2.29. The molecule has 2 aromatic heterocycles. The number of thioether (sulfide) groups is 1. The number of aromatic nitrogens is 4.